The first-order valence-corrected chi connectivity index (χ1v) is 11.3. The van der Waals surface area contributed by atoms with E-state index in [4.69, 9.17) is 23.2 Å². The van der Waals surface area contributed by atoms with Crippen molar-refractivity contribution in [2.24, 2.45) is 0 Å². The molecule has 5 nitrogen and oxygen atoms in total. The molecule has 0 aliphatic rings. The molecule has 8 heteroatoms. The Kier molecular flexibility index (Phi) is 7.02. The lowest BCUT2D eigenvalue weighted by Gasteiger charge is -2.27. The SMILES string of the molecule is CN(Cc1ccc(Cl)cc1)C(=O)CN(c1cccc(Cl)c1)S(=O)(=O)c1ccccc1. The summed E-state index contributed by atoms with van der Waals surface area (Å²) in [5.41, 5.74) is 1.20. The Labute approximate surface area is 186 Å². The Hall–Kier alpha value is -2.54. The zero-order chi connectivity index (χ0) is 21.7. The summed E-state index contributed by atoms with van der Waals surface area (Å²) in [6.45, 7) is -0.0353. The summed E-state index contributed by atoms with van der Waals surface area (Å²) >= 11 is 12.0. The van der Waals surface area contributed by atoms with Gasteiger partial charge in [0.2, 0.25) is 5.91 Å². The maximum absolute atomic E-state index is 13.3. The highest BCUT2D eigenvalue weighted by atomic mass is 35.5. The molecule has 3 aromatic carbocycles. The van der Waals surface area contributed by atoms with Gasteiger partial charge < -0.3 is 4.90 Å². The van der Waals surface area contributed by atoms with Crippen LogP contribution in [0.5, 0.6) is 0 Å². The number of anilines is 1. The number of halogens is 2. The van der Waals surface area contributed by atoms with E-state index in [2.05, 4.69) is 0 Å². The topological polar surface area (TPSA) is 57.7 Å². The van der Waals surface area contributed by atoms with Gasteiger partial charge in [-0.25, -0.2) is 8.42 Å². The van der Waals surface area contributed by atoms with Crippen molar-refractivity contribution in [1.82, 2.24) is 4.90 Å². The van der Waals surface area contributed by atoms with Crippen LogP contribution in [0.15, 0.2) is 83.8 Å². The lowest BCUT2D eigenvalue weighted by molar-refractivity contribution is -0.128. The van der Waals surface area contributed by atoms with Crippen molar-refractivity contribution in [2.75, 3.05) is 17.9 Å². The molecule has 156 valence electrons. The van der Waals surface area contributed by atoms with Crippen LogP contribution in [0.4, 0.5) is 5.69 Å². The number of rotatable bonds is 7. The fourth-order valence-corrected chi connectivity index (χ4v) is 4.60. The third-order valence-electron chi connectivity index (χ3n) is 4.47. The van der Waals surface area contributed by atoms with E-state index < -0.39 is 10.0 Å². The van der Waals surface area contributed by atoms with Gasteiger partial charge in [0.25, 0.3) is 10.0 Å². The summed E-state index contributed by atoms with van der Waals surface area (Å²) in [5.74, 6) is -0.357. The maximum Gasteiger partial charge on any atom is 0.264 e. The molecule has 0 atom stereocenters. The Morgan fingerprint density at radius 3 is 2.17 bits per heavy atom. The van der Waals surface area contributed by atoms with E-state index in [0.717, 1.165) is 9.87 Å². The Bertz CT molecular complexity index is 1120. The van der Waals surface area contributed by atoms with Crippen molar-refractivity contribution in [2.45, 2.75) is 11.4 Å². The molecule has 3 aromatic rings. The number of nitrogens with zero attached hydrogens (tertiary/aromatic N) is 2. The first-order chi connectivity index (χ1) is 14.3. The monoisotopic (exact) mass is 462 g/mol. The van der Waals surface area contributed by atoms with Crippen LogP contribution in [0, 0.1) is 0 Å². The highest BCUT2D eigenvalue weighted by Gasteiger charge is 2.28. The molecule has 1 amide bonds. The lowest BCUT2D eigenvalue weighted by Crippen LogP contribution is -2.41. The molecule has 0 aliphatic heterocycles. The summed E-state index contributed by atoms with van der Waals surface area (Å²) in [6, 6.07) is 21.5. The molecule has 3 rings (SSSR count). The minimum absolute atomic E-state index is 0.0955. The molecule has 0 bridgehead atoms. The number of amides is 1. The van der Waals surface area contributed by atoms with Gasteiger partial charge in [0, 0.05) is 23.6 Å². The van der Waals surface area contributed by atoms with E-state index in [1.807, 2.05) is 12.1 Å². The average molecular weight is 463 g/mol. The lowest BCUT2D eigenvalue weighted by atomic mass is 10.2. The van der Waals surface area contributed by atoms with Crippen LogP contribution >= 0.6 is 23.2 Å². The zero-order valence-corrected chi connectivity index (χ0v) is 18.5. The number of hydrogen-bond donors (Lipinski definition) is 0. The Morgan fingerprint density at radius 1 is 0.867 bits per heavy atom. The number of carbonyl (C=O) groups is 1. The summed E-state index contributed by atoms with van der Waals surface area (Å²) in [7, 11) is -2.34. The van der Waals surface area contributed by atoms with Gasteiger partial charge in [-0.2, -0.15) is 0 Å². The van der Waals surface area contributed by atoms with Crippen molar-refractivity contribution in [3.05, 3.63) is 94.5 Å². The Morgan fingerprint density at radius 2 is 1.53 bits per heavy atom. The predicted octanol–water partition coefficient (Wildman–Crippen LogP) is 4.85. The first-order valence-electron chi connectivity index (χ1n) is 9.09. The average Bonchev–Trinajstić information content (AvgIpc) is 2.74. The third kappa shape index (κ3) is 5.33. The van der Waals surface area contributed by atoms with Gasteiger partial charge in [-0.3, -0.25) is 9.10 Å². The Balaban J connectivity index is 1.89. The molecule has 0 aliphatic carbocycles. The van der Waals surface area contributed by atoms with Gasteiger partial charge in [-0.1, -0.05) is 59.6 Å². The highest BCUT2D eigenvalue weighted by Crippen LogP contribution is 2.26. The third-order valence-corrected chi connectivity index (χ3v) is 6.74. The minimum atomic E-state index is -3.97. The normalized spacial score (nSPS) is 11.2. The summed E-state index contributed by atoms with van der Waals surface area (Å²) in [4.78, 5) is 14.5. The van der Waals surface area contributed by atoms with Crippen molar-refractivity contribution < 1.29 is 13.2 Å². The molecule has 0 spiro atoms. The second-order valence-corrected chi connectivity index (χ2v) is 9.42. The maximum atomic E-state index is 13.3. The smallest absolute Gasteiger partial charge is 0.264 e. The molecule has 0 radical (unpaired) electrons. The number of benzene rings is 3. The molecule has 0 saturated carbocycles. The molecule has 0 fully saturated rings. The number of hydrogen-bond acceptors (Lipinski definition) is 3. The van der Waals surface area contributed by atoms with Gasteiger partial charge in [-0.15, -0.1) is 0 Å². The van der Waals surface area contributed by atoms with Gasteiger partial charge in [0.1, 0.15) is 6.54 Å². The quantitative estimate of drug-likeness (QED) is 0.504. The molecule has 0 unspecified atom stereocenters. The standard InChI is InChI=1S/C22H20Cl2N2O3S/c1-25(15-17-10-12-18(23)13-11-17)22(27)16-26(20-7-5-6-19(24)14-20)30(28,29)21-8-3-2-4-9-21/h2-14H,15-16H2,1H3. The predicted molar refractivity (Wildman–Crippen MR) is 120 cm³/mol. The van der Waals surface area contributed by atoms with Crippen molar-refractivity contribution >= 4 is 44.8 Å². The van der Waals surface area contributed by atoms with E-state index in [9.17, 15) is 13.2 Å². The fourth-order valence-electron chi connectivity index (χ4n) is 2.86. The summed E-state index contributed by atoms with van der Waals surface area (Å²) in [6.07, 6.45) is 0. The summed E-state index contributed by atoms with van der Waals surface area (Å²) < 4.78 is 27.7. The number of carbonyl (C=O) groups excluding carboxylic acids is 1. The van der Waals surface area contributed by atoms with Crippen LogP contribution in [0.1, 0.15) is 5.56 Å². The number of sulfonamides is 1. The van der Waals surface area contributed by atoms with Crippen LogP contribution in [-0.4, -0.2) is 32.8 Å². The van der Waals surface area contributed by atoms with Crippen LogP contribution < -0.4 is 4.31 Å². The minimum Gasteiger partial charge on any atom is -0.340 e. The van der Waals surface area contributed by atoms with Crippen LogP contribution in [-0.2, 0) is 21.4 Å². The fraction of sp³-hybridized carbons (Fsp3) is 0.136. The largest absolute Gasteiger partial charge is 0.340 e. The van der Waals surface area contributed by atoms with Crippen molar-refractivity contribution in [1.29, 1.82) is 0 Å². The molecular weight excluding hydrogens is 443 g/mol. The van der Waals surface area contributed by atoms with Crippen molar-refractivity contribution in [3.8, 4) is 0 Å². The molecule has 0 aromatic heterocycles. The van der Waals surface area contributed by atoms with Crippen molar-refractivity contribution in [3.63, 3.8) is 0 Å². The van der Waals surface area contributed by atoms with E-state index in [0.29, 0.717) is 22.3 Å². The van der Waals surface area contributed by atoms with Crippen LogP contribution in [0.25, 0.3) is 0 Å². The second kappa shape index (κ2) is 9.51. The van der Waals surface area contributed by atoms with E-state index in [1.54, 1.807) is 55.6 Å². The van der Waals surface area contributed by atoms with E-state index >= 15 is 0 Å². The van der Waals surface area contributed by atoms with Crippen LogP contribution in [0.3, 0.4) is 0 Å². The molecule has 0 saturated heterocycles. The highest BCUT2D eigenvalue weighted by molar-refractivity contribution is 7.92. The first kappa shape index (κ1) is 22.2. The second-order valence-electron chi connectivity index (χ2n) is 6.68. The summed E-state index contributed by atoms with van der Waals surface area (Å²) in [5, 5.41) is 0.983. The van der Waals surface area contributed by atoms with Gasteiger partial charge in [0.05, 0.1) is 10.6 Å². The van der Waals surface area contributed by atoms with Gasteiger partial charge in [-0.05, 0) is 48.0 Å². The molecule has 30 heavy (non-hydrogen) atoms. The van der Waals surface area contributed by atoms with E-state index in [1.165, 1.54) is 23.1 Å². The van der Waals surface area contributed by atoms with Crippen LogP contribution in [0.2, 0.25) is 10.0 Å². The molecule has 0 heterocycles. The van der Waals surface area contributed by atoms with Gasteiger partial charge >= 0.3 is 0 Å². The zero-order valence-electron chi connectivity index (χ0n) is 16.2. The molecular formula is C22H20Cl2N2O3S. The van der Waals surface area contributed by atoms with Gasteiger partial charge in [0.15, 0.2) is 0 Å². The molecule has 0 N–H and O–H groups in total. The van der Waals surface area contributed by atoms with E-state index in [-0.39, 0.29) is 17.3 Å². The number of likely N-dealkylation sites (N-methyl/N-ethyl adjacent to an activating group) is 1.